The molecule has 2 aromatic carbocycles. The summed E-state index contributed by atoms with van der Waals surface area (Å²) in [5.41, 5.74) is 4.45. The molecule has 0 saturated carbocycles. The second-order valence-corrected chi connectivity index (χ2v) is 4.73. The van der Waals surface area contributed by atoms with Gasteiger partial charge in [0.2, 0.25) is 0 Å². The van der Waals surface area contributed by atoms with E-state index in [1.807, 2.05) is 43.3 Å². The third-order valence-corrected chi connectivity index (χ3v) is 3.18. The summed E-state index contributed by atoms with van der Waals surface area (Å²) in [6.45, 7) is 0. The van der Waals surface area contributed by atoms with E-state index in [2.05, 4.69) is 5.43 Å². The Hall–Kier alpha value is -1.98. The van der Waals surface area contributed by atoms with Crippen LogP contribution in [-0.2, 0) is 0 Å². The highest BCUT2D eigenvalue weighted by Gasteiger charge is 2.19. The van der Waals surface area contributed by atoms with Crippen molar-refractivity contribution in [1.82, 2.24) is 5.43 Å². The molecule has 1 unspecified atom stereocenters. The van der Waals surface area contributed by atoms with Gasteiger partial charge < -0.3 is 4.90 Å². The number of hydrogen-bond acceptors (Lipinski definition) is 3. The molecule has 2 rings (SSSR count). The average molecular weight is 277 g/mol. The van der Waals surface area contributed by atoms with Gasteiger partial charge in [-0.05, 0) is 23.8 Å². The van der Waals surface area contributed by atoms with E-state index in [4.69, 9.17) is 5.84 Å². The van der Waals surface area contributed by atoms with Gasteiger partial charge in [-0.3, -0.25) is 5.84 Å². The smallest absolute Gasteiger partial charge is 0.163 e. The second kappa shape index (κ2) is 5.98. The molecule has 0 aliphatic carbocycles. The number of hydrogen-bond donors (Lipinski definition) is 2. The first-order valence-electron chi connectivity index (χ1n) is 6.22. The van der Waals surface area contributed by atoms with E-state index < -0.39 is 17.7 Å². The third kappa shape index (κ3) is 2.79. The minimum Gasteiger partial charge on any atom is -0.378 e. The Labute approximate surface area is 117 Å². The van der Waals surface area contributed by atoms with Crippen molar-refractivity contribution in [2.45, 2.75) is 6.04 Å². The number of rotatable bonds is 4. The van der Waals surface area contributed by atoms with Gasteiger partial charge in [0.25, 0.3) is 0 Å². The Kier molecular flexibility index (Phi) is 4.32. The van der Waals surface area contributed by atoms with Gasteiger partial charge in [-0.15, -0.1) is 0 Å². The molecule has 0 radical (unpaired) electrons. The minimum absolute atomic E-state index is 0.184. The first kappa shape index (κ1) is 14.4. The molecular weight excluding hydrogens is 260 g/mol. The molecule has 0 aliphatic heterocycles. The fourth-order valence-corrected chi connectivity index (χ4v) is 2.09. The van der Waals surface area contributed by atoms with Gasteiger partial charge in [-0.1, -0.05) is 24.3 Å². The summed E-state index contributed by atoms with van der Waals surface area (Å²) < 4.78 is 27.2. The maximum Gasteiger partial charge on any atom is 0.163 e. The molecule has 0 aliphatic rings. The monoisotopic (exact) mass is 277 g/mol. The van der Waals surface area contributed by atoms with E-state index in [1.165, 1.54) is 12.1 Å². The molecule has 2 aromatic rings. The predicted octanol–water partition coefficient (Wildman–Crippen LogP) is 2.58. The highest BCUT2D eigenvalue weighted by Crippen LogP contribution is 2.27. The molecule has 3 nitrogen and oxygen atoms in total. The van der Waals surface area contributed by atoms with Crippen molar-refractivity contribution in [3.05, 3.63) is 65.2 Å². The van der Waals surface area contributed by atoms with Gasteiger partial charge in [0.05, 0.1) is 6.04 Å². The normalized spacial score (nSPS) is 12.2. The molecule has 20 heavy (non-hydrogen) atoms. The zero-order valence-corrected chi connectivity index (χ0v) is 11.4. The third-order valence-electron chi connectivity index (χ3n) is 3.18. The molecule has 106 valence electrons. The Morgan fingerprint density at radius 2 is 1.80 bits per heavy atom. The van der Waals surface area contributed by atoms with E-state index in [-0.39, 0.29) is 5.56 Å². The maximum absolute atomic E-state index is 13.9. The zero-order valence-electron chi connectivity index (χ0n) is 11.4. The second-order valence-electron chi connectivity index (χ2n) is 4.73. The molecule has 0 bridgehead atoms. The number of nitrogens with zero attached hydrogens (tertiary/aromatic N) is 1. The highest BCUT2D eigenvalue weighted by atomic mass is 19.2. The summed E-state index contributed by atoms with van der Waals surface area (Å²) in [6.07, 6.45) is 0. The van der Waals surface area contributed by atoms with Crippen LogP contribution in [0.4, 0.5) is 14.5 Å². The molecule has 0 spiro atoms. The highest BCUT2D eigenvalue weighted by molar-refractivity contribution is 5.49. The van der Waals surface area contributed by atoms with Crippen LogP contribution in [0.3, 0.4) is 0 Å². The lowest BCUT2D eigenvalue weighted by atomic mass is 9.98. The zero-order chi connectivity index (χ0) is 14.7. The van der Waals surface area contributed by atoms with Crippen molar-refractivity contribution in [2.75, 3.05) is 19.0 Å². The lowest BCUT2D eigenvalue weighted by molar-refractivity contribution is 0.483. The van der Waals surface area contributed by atoms with Gasteiger partial charge in [0, 0.05) is 25.3 Å². The lowest BCUT2D eigenvalue weighted by Crippen LogP contribution is -2.30. The number of halogens is 2. The van der Waals surface area contributed by atoms with Gasteiger partial charge >= 0.3 is 0 Å². The maximum atomic E-state index is 13.9. The van der Waals surface area contributed by atoms with E-state index in [0.29, 0.717) is 0 Å². The average Bonchev–Trinajstić information content (AvgIpc) is 2.44. The van der Waals surface area contributed by atoms with Crippen molar-refractivity contribution >= 4 is 5.69 Å². The number of anilines is 1. The first-order valence-corrected chi connectivity index (χ1v) is 6.22. The molecule has 0 heterocycles. The van der Waals surface area contributed by atoms with Crippen LogP contribution in [0, 0.1) is 11.6 Å². The number of nitrogens with one attached hydrogen (secondary N) is 1. The fourth-order valence-electron chi connectivity index (χ4n) is 2.09. The minimum atomic E-state index is -0.884. The Bertz CT molecular complexity index is 599. The number of nitrogens with two attached hydrogens (primary N) is 1. The van der Waals surface area contributed by atoms with Crippen LogP contribution in [0.2, 0.25) is 0 Å². The summed E-state index contributed by atoms with van der Waals surface area (Å²) in [5.74, 6) is 3.76. The first-order chi connectivity index (χ1) is 9.54. The molecule has 0 saturated heterocycles. The summed E-state index contributed by atoms with van der Waals surface area (Å²) in [5, 5.41) is 0. The van der Waals surface area contributed by atoms with Crippen molar-refractivity contribution in [1.29, 1.82) is 0 Å². The summed E-state index contributed by atoms with van der Waals surface area (Å²) >= 11 is 0. The SMILES string of the molecule is CN(C)c1cccc(C(NN)c2cccc(F)c2F)c1. The molecule has 0 aromatic heterocycles. The molecule has 0 amide bonds. The molecular formula is C15H17F2N3. The number of hydrazine groups is 1. The van der Waals surface area contributed by atoms with Crippen molar-refractivity contribution in [2.24, 2.45) is 5.84 Å². The van der Waals surface area contributed by atoms with Crippen molar-refractivity contribution < 1.29 is 8.78 Å². The van der Waals surface area contributed by atoms with Gasteiger partial charge in [0.15, 0.2) is 11.6 Å². The van der Waals surface area contributed by atoms with E-state index in [9.17, 15) is 8.78 Å². The standard InChI is InChI=1S/C15H17F2N3/c1-20(2)11-6-3-5-10(9-11)15(19-18)12-7-4-8-13(16)14(12)17/h3-9,15,19H,18H2,1-2H3. The summed E-state index contributed by atoms with van der Waals surface area (Å²) in [4.78, 5) is 1.93. The predicted molar refractivity (Wildman–Crippen MR) is 76.3 cm³/mol. The Balaban J connectivity index is 2.47. The molecule has 1 atom stereocenters. The number of benzene rings is 2. The quantitative estimate of drug-likeness (QED) is 0.666. The van der Waals surface area contributed by atoms with E-state index in [0.717, 1.165) is 17.3 Å². The molecule has 3 N–H and O–H groups in total. The van der Waals surface area contributed by atoms with Gasteiger partial charge in [0.1, 0.15) is 0 Å². The van der Waals surface area contributed by atoms with Crippen LogP contribution in [-0.4, -0.2) is 14.1 Å². The van der Waals surface area contributed by atoms with Crippen LogP contribution in [0.5, 0.6) is 0 Å². The van der Waals surface area contributed by atoms with Gasteiger partial charge in [-0.2, -0.15) is 0 Å². The van der Waals surface area contributed by atoms with E-state index >= 15 is 0 Å². The largest absolute Gasteiger partial charge is 0.378 e. The topological polar surface area (TPSA) is 41.3 Å². The lowest BCUT2D eigenvalue weighted by Gasteiger charge is -2.20. The van der Waals surface area contributed by atoms with Gasteiger partial charge in [-0.25, -0.2) is 14.2 Å². The van der Waals surface area contributed by atoms with Crippen molar-refractivity contribution in [3.8, 4) is 0 Å². The van der Waals surface area contributed by atoms with Crippen LogP contribution in [0.25, 0.3) is 0 Å². The summed E-state index contributed by atoms with van der Waals surface area (Å²) in [7, 11) is 3.82. The fraction of sp³-hybridized carbons (Fsp3) is 0.200. The molecule has 0 fully saturated rings. The Morgan fingerprint density at radius 3 is 2.45 bits per heavy atom. The van der Waals surface area contributed by atoms with Crippen LogP contribution in [0.15, 0.2) is 42.5 Å². The van der Waals surface area contributed by atoms with Crippen LogP contribution < -0.4 is 16.2 Å². The Morgan fingerprint density at radius 1 is 1.10 bits per heavy atom. The molecule has 5 heteroatoms. The van der Waals surface area contributed by atoms with E-state index in [1.54, 1.807) is 0 Å². The van der Waals surface area contributed by atoms with Crippen molar-refractivity contribution in [3.63, 3.8) is 0 Å². The van der Waals surface area contributed by atoms with Crippen LogP contribution in [0.1, 0.15) is 17.2 Å². The summed E-state index contributed by atoms with van der Waals surface area (Å²) in [6, 6.07) is 11.0. The van der Waals surface area contributed by atoms with Crippen LogP contribution >= 0.6 is 0 Å².